The molecule has 2 rings (SSSR count). The molecule has 0 saturated carbocycles. The van der Waals surface area contributed by atoms with E-state index >= 15 is 0 Å². The first-order valence-electron chi connectivity index (χ1n) is 10.7. The van der Waals surface area contributed by atoms with Crippen molar-refractivity contribution in [3.8, 4) is 0 Å². The molecule has 0 fully saturated rings. The molecule has 0 aromatic heterocycles. The van der Waals surface area contributed by atoms with Crippen LogP contribution in [0.5, 0.6) is 0 Å². The highest BCUT2D eigenvalue weighted by molar-refractivity contribution is 6.06. The Kier molecular flexibility index (Phi) is 8.78. The maximum absolute atomic E-state index is 13.1. The lowest BCUT2D eigenvalue weighted by molar-refractivity contribution is -0.153. The quantitative estimate of drug-likeness (QED) is 0.451. The van der Waals surface area contributed by atoms with E-state index in [1.54, 1.807) is 39.8 Å². The minimum atomic E-state index is -1.39. The molecule has 33 heavy (non-hydrogen) atoms. The fraction of sp³-hybridized carbons (Fsp3) is 0.417. The van der Waals surface area contributed by atoms with E-state index in [0.29, 0.717) is 17.1 Å². The van der Waals surface area contributed by atoms with Gasteiger partial charge in [-0.15, -0.1) is 0 Å². The highest BCUT2D eigenvalue weighted by Gasteiger charge is 2.42. The van der Waals surface area contributed by atoms with Crippen molar-refractivity contribution in [2.75, 3.05) is 25.1 Å². The molecule has 0 radical (unpaired) electrons. The number of hydrogen-bond acceptors (Lipinski definition) is 8. The first kappa shape index (κ1) is 25.6. The van der Waals surface area contributed by atoms with Gasteiger partial charge in [0.25, 0.3) is 5.91 Å². The van der Waals surface area contributed by atoms with Crippen LogP contribution >= 0.6 is 0 Å². The molecular formula is C24H30N2O7. The maximum atomic E-state index is 13.1. The molecule has 9 nitrogen and oxygen atoms in total. The van der Waals surface area contributed by atoms with E-state index in [0.717, 1.165) is 11.1 Å². The Hall–Kier alpha value is -3.62. The molecule has 178 valence electrons. The van der Waals surface area contributed by atoms with E-state index in [4.69, 9.17) is 14.2 Å². The number of esters is 3. The Morgan fingerprint density at radius 3 is 1.76 bits per heavy atom. The largest absolute Gasteiger partial charge is 0.463 e. The van der Waals surface area contributed by atoms with Crippen molar-refractivity contribution in [1.29, 1.82) is 0 Å². The number of rotatable bonds is 8. The van der Waals surface area contributed by atoms with Gasteiger partial charge in [0.1, 0.15) is 5.92 Å². The van der Waals surface area contributed by atoms with Crippen molar-refractivity contribution in [1.82, 2.24) is 5.32 Å². The van der Waals surface area contributed by atoms with Gasteiger partial charge in [0.05, 0.1) is 24.4 Å². The van der Waals surface area contributed by atoms with Gasteiger partial charge in [-0.1, -0.05) is 6.07 Å². The zero-order valence-corrected chi connectivity index (χ0v) is 19.8. The average molecular weight is 459 g/mol. The van der Waals surface area contributed by atoms with Gasteiger partial charge in [-0.25, -0.2) is 9.59 Å². The number of nitrogens with one attached hydrogen (secondary N) is 2. The average Bonchev–Trinajstić information content (AvgIpc) is 2.70. The van der Waals surface area contributed by atoms with Crippen LogP contribution in [0.25, 0.3) is 0 Å². The minimum absolute atomic E-state index is 0.0646. The molecule has 0 spiro atoms. The van der Waals surface area contributed by atoms with Gasteiger partial charge in [0, 0.05) is 17.1 Å². The summed E-state index contributed by atoms with van der Waals surface area (Å²) in [5, 5.41) is 5.59. The minimum Gasteiger partial charge on any atom is -0.463 e. The van der Waals surface area contributed by atoms with E-state index in [1.165, 1.54) is 0 Å². The summed E-state index contributed by atoms with van der Waals surface area (Å²) < 4.78 is 15.4. The third kappa shape index (κ3) is 6.44. The molecule has 1 aliphatic rings. The van der Waals surface area contributed by atoms with Crippen LogP contribution in [-0.4, -0.2) is 43.6 Å². The summed E-state index contributed by atoms with van der Waals surface area (Å²) in [7, 11) is 0. The lowest BCUT2D eigenvalue weighted by Gasteiger charge is -2.28. The first-order chi connectivity index (χ1) is 15.6. The molecule has 1 heterocycles. The smallest absolute Gasteiger partial charge is 0.337 e. The normalized spacial score (nSPS) is 13.9. The van der Waals surface area contributed by atoms with Crippen LogP contribution in [0.2, 0.25) is 0 Å². The second kappa shape index (κ2) is 11.3. The van der Waals surface area contributed by atoms with Crippen LogP contribution in [0.4, 0.5) is 5.69 Å². The summed E-state index contributed by atoms with van der Waals surface area (Å²) in [6.07, 6.45) is 0. The number of dihydropyridines is 1. The van der Waals surface area contributed by atoms with Gasteiger partial charge < -0.3 is 24.8 Å². The predicted octanol–water partition coefficient (Wildman–Crippen LogP) is 2.68. The summed E-state index contributed by atoms with van der Waals surface area (Å²) in [6, 6.07) is 5.54. The van der Waals surface area contributed by atoms with Crippen LogP contribution in [-0.2, 0) is 33.4 Å². The molecule has 1 aromatic rings. The standard InChI is InChI=1S/C24H30N2O7/c1-7-31-22(28)19-15(5)25-16(6)20(23(29)32-8-2)21(19)24(30)33-12-18(27)26-17-10-13(3)9-14(4)11-17/h9-11,21,25H,7-8,12H2,1-6H3,(H,26,27). The van der Waals surface area contributed by atoms with Gasteiger partial charge in [0.15, 0.2) is 6.61 Å². The highest BCUT2D eigenvalue weighted by atomic mass is 16.5. The van der Waals surface area contributed by atoms with Crippen molar-refractivity contribution in [3.05, 3.63) is 51.9 Å². The molecule has 0 saturated heterocycles. The Morgan fingerprint density at radius 2 is 1.30 bits per heavy atom. The molecule has 0 bridgehead atoms. The summed E-state index contributed by atoms with van der Waals surface area (Å²) in [5.74, 6) is -4.41. The van der Waals surface area contributed by atoms with Gasteiger partial charge in [0.2, 0.25) is 0 Å². The molecule has 2 N–H and O–H groups in total. The number of aryl methyl sites for hydroxylation is 2. The Labute approximate surface area is 193 Å². The summed E-state index contributed by atoms with van der Waals surface area (Å²) >= 11 is 0. The number of allylic oxidation sites excluding steroid dienone is 2. The number of carbonyl (C=O) groups excluding carboxylic acids is 4. The van der Waals surface area contributed by atoms with Crippen molar-refractivity contribution >= 4 is 29.5 Å². The number of anilines is 1. The van der Waals surface area contributed by atoms with Gasteiger partial charge in [-0.05, 0) is 64.8 Å². The Morgan fingerprint density at radius 1 is 0.818 bits per heavy atom. The van der Waals surface area contributed by atoms with Gasteiger partial charge in [-0.2, -0.15) is 0 Å². The van der Waals surface area contributed by atoms with Gasteiger partial charge in [-0.3, -0.25) is 9.59 Å². The van der Waals surface area contributed by atoms with Crippen molar-refractivity contribution in [3.63, 3.8) is 0 Å². The topological polar surface area (TPSA) is 120 Å². The number of amides is 1. The van der Waals surface area contributed by atoms with Crippen molar-refractivity contribution in [2.45, 2.75) is 41.5 Å². The maximum Gasteiger partial charge on any atom is 0.337 e. The van der Waals surface area contributed by atoms with Crippen molar-refractivity contribution in [2.24, 2.45) is 5.92 Å². The molecule has 1 aromatic carbocycles. The Balaban J connectivity index is 2.26. The third-order valence-electron chi connectivity index (χ3n) is 4.84. The fourth-order valence-corrected chi connectivity index (χ4v) is 3.65. The molecule has 0 unspecified atom stereocenters. The molecule has 0 aliphatic carbocycles. The lowest BCUT2D eigenvalue weighted by Crippen LogP contribution is -2.39. The van der Waals surface area contributed by atoms with Gasteiger partial charge >= 0.3 is 17.9 Å². The highest BCUT2D eigenvalue weighted by Crippen LogP contribution is 2.32. The summed E-state index contributed by atoms with van der Waals surface area (Å²) in [6.45, 7) is 9.79. The van der Waals surface area contributed by atoms with Crippen LogP contribution < -0.4 is 10.6 Å². The second-order valence-corrected chi connectivity index (χ2v) is 7.61. The van der Waals surface area contributed by atoms with E-state index < -0.39 is 36.3 Å². The monoisotopic (exact) mass is 458 g/mol. The van der Waals surface area contributed by atoms with E-state index in [1.807, 2.05) is 19.9 Å². The number of carbonyl (C=O) groups is 4. The van der Waals surface area contributed by atoms with E-state index in [2.05, 4.69) is 10.6 Å². The summed E-state index contributed by atoms with van der Waals surface area (Å²) in [4.78, 5) is 50.7. The molecule has 9 heteroatoms. The molecule has 0 atom stereocenters. The Bertz CT molecular complexity index is 963. The first-order valence-corrected chi connectivity index (χ1v) is 10.7. The van der Waals surface area contributed by atoms with Crippen LogP contribution in [0.15, 0.2) is 40.7 Å². The van der Waals surface area contributed by atoms with E-state index in [9.17, 15) is 19.2 Å². The number of hydrogen-bond donors (Lipinski definition) is 2. The predicted molar refractivity (Wildman–Crippen MR) is 121 cm³/mol. The molecular weight excluding hydrogens is 428 g/mol. The van der Waals surface area contributed by atoms with E-state index in [-0.39, 0.29) is 24.4 Å². The fourth-order valence-electron chi connectivity index (χ4n) is 3.65. The number of benzene rings is 1. The van der Waals surface area contributed by atoms with Crippen LogP contribution in [0.1, 0.15) is 38.8 Å². The SMILES string of the molecule is CCOC(=O)C1=C(C)NC(C)=C(C(=O)OCC)C1C(=O)OCC(=O)Nc1cc(C)cc(C)c1. The zero-order chi connectivity index (χ0) is 24.7. The lowest BCUT2D eigenvalue weighted by atomic mass is 9.85. The molecule has 1 amide bonds. The van der Waals surface area contributed by atoms with Crippen LogP contribution in [0.3, 0.4) is 0 Å². The third-order valence-corrected chi connectivity index (χ3v) is 4.84. The second-order valence-electron chi connectivity index (χ2n) is 7.61. The summed E-state index contributed by atoms with van der Waals surface area (Å²) in [5.41, 5.74) is 3.07. The van der Waals surface area contributed by atoms with Crippen LogP contribution in [0, 0.1) is 19.8 Å². The van der Waals surface area contributed by atoms with Crippen molar-refractivity contribution < 1.29 is 33.4 Å². The molecule has 1 aliphatic heterocycles. The zero-order valence-electron chi connectivity index (χ0n) is 19.8. The number of ether oxygens (including phenoxy) is 3.